The van der Waals surface area contributed by atoms with Gasteiger partial charge in [-0.3, -0.25) is 13.3 Å². The quantitative estimate of drug-likeness (QED) is 0.147. The number of para-hydroxylation sites is 1. The van der Waals surface area contributed by atoms with Crippen LogP contribution in [-0.4, -0.2) is 45.4 Å². The molecule has 0 aliphatic heterocycles. The summed E-state index contributed by atoms with van der Waals surface area (Å²) in [6.07, 6.45) is 3.19. The second-order valence-corrected chi connectivity index (χ2v) is 9.65. The molecule has 12 heteroatoms. The number of halogens is 2. The van der Waals surface area contributed by atoms with Crippen LogP contribution in [0.5, 0.6) is 11.5 Å². The van der Waals surface area contributed by atoms with Crippen LogP contribution in [0.15, 0.2) is 60.9 Å². The zero-order valence-corrected chi connectivity index (χ0v) is 22.7. The lowest BCUT2D eigenvalue weighted by atomic mass is 10.1. The Hall–Kier alpha value is -3.80. The van der Waals surface area contributed by atoms with Crippen molar-refractivity contribution in [2.75, 3.05) is 30.4 Å². The third-order valence-corrected chi connectivity index (χ3v) is 7.11. The van der Waals surface area contributed by atoms with Crippen LogP contribution in [-0.2, 0) is 17.7 Å². The highest BCUT2D eigenvalue weighted by molar-refractivity contribution is 7.80. The first-order valence-electron chi connectivity index (χ1n) is 11.9. The van der Waals surface area contributed by atoms with Crippen LogP contribution in [0.2, 0.25) is 5.15 Å². The molecule has 1 amide bonds. The molecule has 0 aliphatic rings. The van der Waals surface area contributed by atoms with Gasteiger partial charge in [-0.2, -0.15) is 0 Å². The number of unbranched alkanes of at least 4 members (excludes halogenated alkanes) is 1. The van der Waals surface area contributed by atoms with Crippen LogP contribution < -0.4 is 19.1 Å². The Bertz CT molecular complexity index is 1510. The number of nitrogens with zero attached hydrogens (tertiary/aromatic N) is 3. The van der Waals surface area contributed by atoms with Crippen molar-refractivity contribution in [1.82, 2.24) is 9.97 Å². The Morgan fingerprint density at radius 1 is 1.08 bits per heavy atom. The maximum Gasteiger partial charge on any atom is 0.258 e. The van der Waals surface area contributed by atoms with Crippen LogP contribution in [0.25, 0.3) is 10.9 Å². The molecule has 1 aromatic heterocycles. The molecule has 1 unspecified atom stereocenters. The number of carbonyl (C=O) groups excluding carboxylic acids is 1. The van der Waals surface area contributed by atoms with Gasteiger partial charge in [0.05, 0.1) is 31.0 Å². The van der Waals surface area contributed by atoms with E-state index in [0.29, 0.717) is 18.2 Å². The van der Waals surface area contributed by atoms with E-state index in [1.807, 2.05) is 24.3 Å². The molecule has 0 bridgehead atoms. The number of methoxy groups -OCH3 is 2. The van der Waals surface area contributed by atoms with Gasteiger partial charge in [-0.25, -0.2) is 14.4 Å². The molecule has 3 aromatic carbocycles. The van der Waals surface area contributed by atoms with Gasteiger partial charge in [0.1, 0.15) is 22.9 Å². The standard InChI is InChI=1S/C27H26ClFN4O5S/c1-37-18-11-9-17(10-12-18)6-3-4-15-33(39(35)36)22-14-13-21(29)24(25(22)38-2)32-27(34)20-8-5-7-19-23(20)30-16-31-26(19)28/h5,7-14,16H,3-4,6,15H2,1-2H3,(H,32,34)(H,35,36)/p-1. The number of fused-ring (bicyclic) bond motifs is 1. The normalized spacial score (nSPS) is 11.7. The third kappa shape index (κ3) is 6.44. The number of benzene rings is 3. The van der Waals surface area contributed by atoms with E-state index in [-0.39, 0.29) is 39.9 Å². The highest BCUT2D eigenvalue weighted by Crippen LogP contribution is 2.39. The van der Waals surface area contributed by atoms with Gasteiger partial charge in [0.25, 0.3) is 5.91 Å². The fraction of sp³-hybridized carbons (Fsp3) is 0.222. The van der Waals surface area contributed by atoms with E-state index in [0.717, 1.165) is 28.1 Å². The van der Waals surface area contributed by atoms with Crippen molar-refractivity contribution in [1.29, 1.82) is 0 Å². The van der Waals surface area contributed by atoms with E-state index in [9.17, 15) is 17.9 Å². The lowest BCUT2D eigenvalue weighted by molar-refractivity contribution is 0.102. The van der Waals surface area contributed by atoms with E-state index in [4.69, 9.17) is 21.1 Å². The molecular weight excluding hydrogens is 547 g/mol. The summed E-state index contributed by atoms with van der Waals surface area (Å²) in [6.45, 7) is 0.125. The van der Waals surface area contributed by atoms with Crippen molar-refractivity contribution >= 4 is 51.1 Å². The number of hydrogen-bond acceptors (Lipinski definition) is 7. The zero-order valence-electron chi connectivity index (χ0n) is 21.1. The molecule has 1 N–H and O–H groups in total. The van der Waals surface area contributed by atoms with Crippen molar-refractivity contribution in [3.63, 3.8) is 0 Å². The monoisotopic (exact) mass is 571 g/mol. The molecule has 204 valence electrons. The summed E-state index contributed by atoms with van der Waals surface area (Å²) < 4.78 is 50.9. The molecule has 0 saturated carbocycles. The summed E-state index contributed by atoms with van der Waals surface area (Å²) in [4.78, 5) is 21.2. The molecule has 0 aliphatic carbocycles. The summed E-state index contributed by atoms with van der Waals surface area (Å²) in [5, 5.41) is 3.13. The maximum absolute atomic E-state index is 15.0. The molecule has 0 radical (unpaired) electrons. The fourth-order valence-electron chi connectivity index (χ4n) is 4.14. The largest absolute Gasteiger partial charge is 0.755 e. The van der Waals surface area contributed by atoms with Gasteiger partial charge in [0, 0.05) is 23.2 Å². The number of ether oxygens (including phenoxy) is 2. The first kappa shape index (κ1) is 28.2. The van der Waals surface area contributed by atoms with E-state index in [2.05, 4.69) is 15.3 Å². The lowest BCUT2D eigenvalue weighted by Crippen LogP contribution is -2.27. The number of amides is 1. The molecule has 1 atom stereocenters. The van der Waals surface area contributed by atoms with Crippen LogP contribution in [0.3, 0.4) is 0 Å². The zero-order chi connectivity index (χ0) is 27.9. The smallest absolute Gasteiger partial charge is 0.258 e. The fourth-order valence-corrected chi connectivity index (χ4v) is 4.92. The minimum Gasteiger partial charge on any atom is -0.755 e. The molecule has 0 spiro atoms. The van der Waals surface area contributed by atoms with Gasteiger partial charge in [-0.05, 0) is 61.2 Å². The minimum atomic E-state index is -2.68. The molecule has 0 saturated heterocycles. The summed E-state index contributed by atoms with van der Waals surface area (Å²) in [7, 11) is 2.87. The van der Waals surface area contributed by atoms with Crippen LogP contribution in [0.1, 0.15) is 28.8 Å². The Morgan fingerprint density at radius 3 is 2.54 bits per heavy atom. The van der Waals surface area contributed by atoms with Crippen LogP contribution >= 0.6 is 11.6 Å². The van der Waals surface area contributed by atoms with Gasteiger partial charge in [0.2, 0.25) is 0 Å². The Balaban J connectivity index is 1.55. The second-order valence-electron chi connectivity index (χ2n) is 8.42. The van der Waals surface area contributed by atoms with Crippen molar-refractivity contribution in [3.05, 3.63) is 83.0 Å². The van der Waals surface area contributed by atoms with Crippen molar-refractivity contribution in [2.24, 2.45) is 0 Å². The number of carbonyl (C=O) groups is 1. The lowest BCUT2D eigenvalue weighted by Gasteiger charge is -2.29. The second kappa shape index (κ2) is 12.8. The summed E-state index contributed by atoms with van der Waals surface area (Å²) in [5.74, 6) is -0.849. The number of nitrogens with one attached hydrogen (secondary N) is 1. The van der Waals surface area contributed by atoms with Gasteiger partial charge in [-0.1, -0.05) is 29.8 Å². The summed E-state index contributed by atoms with van der Waals surface area (Å²) >= 11 is 3.44. The molecular formula is C27H25ClFN4O5S-. The number of rotatable bonds is 11. The molecule has 4 rings (SSSR count). The highest BCUT2D eigenvalue weighted by atomic mass is 35.5. The van der Waals surface area contributed by atoms with Crippen LogP contribution in [0.4, 0.5) is 15.8 Å². The summed E-state index contributed by atoms with van der Waals surface area (Å²) in [5.41, 5.74) is 1.30. The molecule has 39 heavy (non-hydrogen) atoms. The summed E-state index contributed by atoms with van der Waals surface area (Å²) in [6, 6.07) is 14.8. The van der Waals surface area contributed by atoms with E-state index < -0.39 is 23.0 Å². The van der Waals surface area contributed by atoms with Gasteiger partial charge in [-0.15, -0.1) is 0 Å². The predicted octanol–water partition coefficient (Wildman–Crippen LogP) is 5.32. The average molecular weight is 572 g/mol. The van der Waals surface area contributed by atoms with Crippen molar-refractivity contribution < 1.29 is 27.4 Å². The Morgan fingerprint density at radius 2 is 1.85 bits per heavy atom. The van der Waals surface area contributed by atoms with Gasteiger partial charge < -0.3 is 19.3 Å². The molecule has 4 aromatic rings. The average Bonchev–Trinajstić information content (AvgIpc) is 2.94. The van der Waals surface area contributed by atoms with E-state index >= 15 is 0 Å². The SMILES string of the molecule is COc1ccc(CCCCN(c2ccc(F)c(NC(=O)c3cccc4c(Cl)ncnc34)c2OC)S(=O)[O-])cc1. The first-order chi connectivity index (χ1) is 18.8. The Kier molecular flexibility index (Phi) is 9.28. The van der Waals surface area contributed by atoms with Crippen molar-refractivity contribution in [3.8, 4) is 11.5 Å². The topological polar surface area (TPSA) is 117 Å². The first-order valence-corrected chi connectivity index (χ1v) is 13.3. The molecule has 0 fully saturated rings. The van der Waals surface area contributed by atoms with Crippen LogP contribution in [0, 0.1) is 5.82 Å². The van der Waals surface area contributed by atoms with Gasteiger partial charge >= 0.3 is 0 Å². The minimum absolute atomic E-state index is 0.0928. The number of aromatic nitrogens is 2. The number of anilines is 2. The predicted molar refractivity (Wildman–Crippen MR) is 148 cm³/mol. The Labute approximate surface area is 232 Å². The van der Waals surface area contributed by atoms with Gasteiger partial charge in [0.15, 0.2) is 11.6 Å². The third-order valence-electron chi connectivity index (χ3n) is 6.07. The molecule has 9 nitrogen and oxygen atoms in total. The van der Waals surface area contributed by atoms with E-state index in [1.165, 1.54) is 25.6 Å². The number of aryl methyl sites for hydroxylation is 1. The highest BCUT2D eigenvalue weighted by Gasteiger charge is 2.23. The van der Waals surface area contributed by atoms with E-state index in [1.54, 1.807) is 19.2 Å². The maximum atomic E-state index is 15.0. The van der Waals surface area contributed by atoms with Crippen molar-refractivity contribution in [2.45, 2.75) is 19.3 Å². The molecule has 1 heterocycles. The number of hydrogen-bond donors (Lipinski definition) is 1.